The lowest BCUT2D eigenvalue weighted by Gasteiger charge is -2.12. The van der Waals surface area contributed by atoms with E-state index in [9.17, 15) is 4.79 Å². The largest absolute Gasteiger partial charge is 0.343 e. The third kappa shape index (κ3) is 2.91. The van der Waals surface area contributed by atoms with Crippen LogP contribution in [-0.2, 0) is 0 Å². The van der Waals surface area contributed by atoms with E-state index < -0.39 is 0 Å². The number of hydrogen-bond donors (Lipinski definition) is 1. The maximum Gasteiger partial charge on any atom is 0.261 e. The smallest absolute Gasteiger partial charge is 0.261 e. The van der Waals surface area contributed by atoms with Crippen LogP contribution in [0.4, 0.5) is 0 Å². The molecule has 0 aliphatic heterocycles. The standard InChI is InChI=1S/C13H14N2OS/c1-9-6-7-12(17-9)13(16)15-10(2)11-5-3-4-8-14-11/h3-8,10H,1-2H3,(H,15,16)/t10-/m0/s1. The third-order valence-electron chi connectivity index (χ3n) is 2.44. The molecule has 17 heavy (non-hydrogen) atoms. The van der Waals surface area contributed by atoms with Crippen LogP contribution in [-0.4, -0.2) is 10.9 Å². The summed E-state index contributed by atoms with van der Waals surface area (Å²) in [4.78, 5) is 18.0. The van der Waals surface area contributed by atoms with Crippen molar-refractivity contribution in [3.8, 4) is 0 Å². The number of rotatable bonds is 3. The van der Waals surface area contributed by atoms with Gasteiger partial charge in [0.15, 0.2) is 0 Å². The highest BCUT2D eigenvalue weighted by atomic mass is 32.1. The quantitative estimate of drug-likeness (QED) is 0.904. The van der Waals surface area contributed by atoms with E-state index in [1.807, 2.05) is 44.2 Å². The zero-order chi connectivity index (χ0) is 12.3. The number of nitrogens with one attached hydrogen (secondary N) is 1. The van der Waals surface area contributed by atoms with Gasteiger partial charge in [-0.05, 0) is 38.1 Å². The first-order valence-electron chi connectivity index (χ1n) is 5.45. The highest BCUT2D eigenvalue weighted by Gasteiger charge is 2.13. The Morgan fingerprint density at radius 2 is 2.18 bits per heavy atom. The van der Waals surface area contributed by atoms with Gasteiger partial charge in [-0.2, -0.15) is 0 Å². The second-order valence-corrected chi connectivity index (χ2v) is 5.15. The van der Waals surface area contributed by atoms with E-state index in [4.69, 9.17) is 0 Å². The minimum Gasteiger partial charge on any atom is -0.343 e. The second kappa shape index (κ2) is 5.10. The molecular weight excluding hydrogens is 232 g/mol. The molecule has 0 aliphatic carbocycles. The highest BCUT2D eigenvalue weighted by Crippen LogP contribution is 2.16. The molecule has 0 unspecified atom stereocenters. The van der Waals surface area contributed by atoms with Crippen LogP contribution in [0.15, 0.2) is 36.5 Å². The second-order valence-electron chi connectivity index (χ2n) is 3.86. The summed E-state index contributed by atoms with van der Waals surface area (Å²) in [5.74, 6) is -0.0405. The first kappa shape index (κ1) is 11.8. The Morgan fingerprint density at radius 1 is 1.35 bits per heavy atom. The zero-order valence-corrected chi connectivity index (χ0v) is 10.6. The first-order chi connectivity index (χ1) is 8.16. The fourth-order valence-corrected chi connectivity index (χ4v) is 2.30. The van der Waals surface area contributed by atoms with Crippen molar-refractivity contribution in [2.45, 2.75) is 19.9 Å². The van der Waals surface area contributed by atoms with Gasteiger partial charge in [0.25, 0.3) is 5.91 Å². The van der Waals surface area contributed by atoms with Crippen LogP contribution < -0.4 is 5.32 Å². The van der Waals surface area contributed by atoms with Gasteiger partial charge >= 0.3 is 0 Å². The summed E-state index contributed by atoms with van der Waals surface area (Å²) in [7, 11) is 0. The van der Waals surface area contributed by atoms with E-state index in [1.54, 1.807) is 6.20 Å². The van der Waals surface area contributed by atoms with Crippen molar-refractivity contribution >= 4 is 17.2 Å². The Hall–Kier alpha value is -1.68. The molecular formula is C13H14N2OS. The molecule has 2 rings (SSSR count). The molecule has 88 valence electrons. The number of pyridine rings is 1. The van der Waals surface area contributed by atoms with Crippen LogP contribution in [0, 0.1) is 6.92 Å². The van der Waals surface area contributed by atoms with Crippen molar-refractivity contribution in [3.05, 3.63) is 52.0 Å². The number of carbonyl (C=O) groups is 1. The number of carbonyl (C=O) groups excluding carboxylic acids is 1. The lowest BCUT2D eigenvalue weighted by molar-refractivity contribution is 0.0943. The lowest BCUT2D eigenvalue weighted by Crippen LogP contribution is -2.26. The van der Waals surface area contributed by atoms with Gasteiger partial charge in [0.2, 0.25) is 0 Å². The van der Waals surface area contributed by atoms with Gasteiger partial charge < -0.3 is 5.32 Å². The molecule has 2 heterocycles. The Labute approximate surface area is 105 Å². The van der Waals surface area contributed by atoms with Crippen molar-refractivity contribution in [2.24, 2.45) is 0 Å². The minimum atomic E-state index is -0.0777. The number of thiophene rings is 1. The Morgan fingerprint density at radius 3 is 2.76 bits per heavy atom. The Kier molecular flexibility index (Phi) is 3.54. The summed E-state index contributed by atoms with van der Waals surface area (Å²) < 4.78 is 0. The summed E-state index contributed by atoms with van der Waals surface area (Å²) in [5.41, 5.74) is 0.870. The topological polar surface area (TPSA) is 42.0 Å². The van der Waals surface area contributed by atoms with Crippen LogP contribution in [0.5, 0.6) is 0 Å². The molecule has 0 bridgehead atoms. The van der Waals surface area contributed by atoms with Gasteiger partial charge in [-0.25, -0.2) is 0 Å². The summed E-state index contributed by atoms with van der Waals surface area (Å²) in [6.07, 6.45) is 1.73. The molecule has 0 saturated heterocycles. The van der Waals surface area contributed by atoms with E-state index in [1.165, 1.54) is 11.3 Å². The van der Waals surface area contributed by atoms with E-state index in [0.717, 1.165) is 15.4 Å². The van der Waals surface area contributed by atoms with Crippen LogP contribution in [0.1, 0.15) is 33.2 Å². The van der Waals surface area contributed by atoms with Crippen LogP contribution in [0.25, 0.3) is 0 Å². The number of hydrogen-bond acceptors (Lipinski definition) is 3. The average molecular weight is 246 g/mol. The van der Waals surface area contributed by atoms with Gasteiger partial charge in [0, 0.05) is 11.1 Å². The van der Waals surface area contributed by atoms with E-state index in [2.05, 4.69) is 10.3 Å². The molecule has 2 aromatic rings. The normalized spacial score (nSPS) is 12.1. The molecule has 3 nitrogen and oxygen atoms in total. The van der Waals surface area contributed by atoms with Crippen LogP contribution >= 0.6 is 11.3 Å². The zero-order valence-electron chi connectivity index (χ0n) is 9.81. The first-order valence-corrected chi connectivity index (χ1v) is 6.26. The maximum absolute atomic E-state index is 11.9. The SMILES string of the molecule is Cc1ccc(C(=O)N[C@@H](C)c2ccccn2)s1. The van der Waals surface area contributed by atoms with Gasteiger partial charge in [-0.15, -0.1) is 11.3 Å². The predicted molar refractivity (Wildman–Crippen MR) is 69.2 cm³/mol. The van der Waals surface area contributed by atoms with Gasteiger partial charge in [0.1, 0.15) is 0 Å². The fraction of sp³-hybridized carbons (Fsp3) is 0.231. The molecule has 4 heteroatoms. The summed E-state index contributed by atoms with van der Waals surface area (Å²) in [5, 5.41) is 2.93. The molecule has 1 N–H and O–H groups in total. The Balaban J connectivity index is 2.04. The monoisotopic (exact) mass is 246 g/mol. The molecule has 0 fully saturated rings. The number of nitrogens with zero attached hydrogens (tertiary/aromatic N) is 1. The number of aryl methyl sites for hydroxylation is 1. The van der Waals surface area contributed by atoms with Crippen molar-refractivity contribution in [3.63, 3.8) is 0 Å². The summed E-state index contributed by atoms with van der Waals surface area (Å²) >= 11 is 1.50. The van der Waals surface area contributed by atoms with Gasteiger partial charge in [0.05, 0.1) is 16.6 Å². The van der Waals surface area contributed by atoms with E-state index in [-0.39, 0.29) is 11.9 Å². The van der Waals surface area contributed by atoms with Gasteiger partial charge in [-0.1, -0.05) is 6.07 Å². The minimum absolute atomic E-state index is 0.0405. The maximum atomic E-state index is 11.9. The van der Waals surface area contributed by atoms with Gasteiger partial charge in [-0.3, -0.25) is 9.78 Å². The summed E-state index contributed by atoms with van der Waals surface area (Å²) in [6, 6.07) is 9.41. The summed E-state index contributed by atoms with van der Waals surface area (Å²) in [6.45, 7) is 3.92. The molecule has 0 aliphatic rings. The van der Waals surface area contributed by atoms with E-state index in [0.29, 0.717) is 0 Å². The molecule has 0 saturated carbocycles. The van der Waals surface area contributed by atoms with Crippen LogP contribution in [0.2, 0.25) is 0 Å². The molecule has 2 aromatic heterocycles. The molecule has 0 aromatic carbocycles. The molecule has 0 spiro atoms. The van der Waals surface area contributed by atoms with Crippen molar-refractivity contribution in [1.29, 1.82) is 0 Å². The van der Waals surface area contributed by atoms with Crippen molar-refractivity contribution in [1.82, 2.24) is 10.3 Å². The fourth-order valence-electron chi connectivity index (χ4n) is 1.53. The third-order valence-corrected chi connectivity index (χ3v) is 3.44. The number of aromatic nitrogens is 1. The van der Waals surface area contributed by atoms with Crippen LogP contribution in [0.3, 0.4) is 0 Å². The molecule has 1 amide bonds. The highest BCUT2D eigenvalue weighted by molar-refractivity contribution is 7.13. The number of amides is 1. The average Bonchev–Trinajstić information content (AvgIpc) is 2.77. The molecule has 1 atom stereocenters. The Bertz CT molecular complexity index is 507. The predicted octanol–water partition coefficient (Wildman–Crippen LogP) is 2.94. The lowest BCUT2D eigenvalue weighted by atomic mass is 10.2. The van der Waals surface area contributed by atoms with E-state index >= 15 is 0 Å². The van der Waals surface area contributed by atoms with Crippen molar-refractivity contribution < 1.29 is 4.79 Å². The molecule has 0 radical (unpaired) electrons. The van der Waals surface area contributed by atoms with Crippen molar-refractivity contribution in [2.75, 3.05) is 0 Å².